The summed E-state index contributed by atoms with van der Waals surface area (Å²) in [6.07, 6.45) is 5.38. The van der Waals surface area contributed by atoms with E-state index in [-0.39, 0.29) is 5.54 Å². The van der Waals surface area contributed by atoms with E-state index in [2.05, 4.69) is 36.2 Å². The van der Waals surface area contributed by atoms with Crippen LogP contribution < -0.4 is 5.32 Å². The molecule has 1 aromatic rings. The predicted molar refractivity (Wildman–Crippen MR) is 85.1 cm³/mol. The van der Waals surface area contributed by atoms with Gasteiger partial charge in [-0.15, -0.1) is 0 Å². The fraction of sp³-hybridized carbons (Fsp3) is 0.647. The van der Waals surface area contributed by atoms with Crippen molar-refractivity contribution >= 4 is 11.6 Å². The Hall–Kier alpha value is -0.570. The molecule has 20 heavy (non-hydrogen) atoms. The maximum absolute atomic E-state index is 6.35. The minimum Gasteiger partial charge on any atom is -0.308 e. The summed E-state index contributed by atoms with van der Waals surface area (Å²) in [5.74, 6) is 0. The van der Waals surface area contributed by atoms with Crippen LogP contribution in [0.2, 0.25) is 5.02 Å². The Bertz CT molecular complexity index is 478. The Kier molecular flexibility index (Phi) is 3.83. The van der Waals surface area contributed by atoms with Gasteiger partial charge in [-0.05, 0) is 38.3 Å². The minimum absolute atomic E-state index is 0.188. The molecule has 1 heterocycles. The quantitative estimate of drug-likeness (QED) is 0.891. The molecule has 0 atom stereocenters. The molecule has 110 valence electrons. The van der Waals surface area contributed by atoms with E-state index >= 15 is 0 Å². The van der Waals surface area contributed by atoms with Gasteiger partial charge in [0.2, 0.25) is 0 Å². The van der Waals surface area contributed by atoms with Crippen LogP contribution in [0.5, 0.6) is 0 Å². The van der Waals surface area contributed by atoms with E-state index in [4.69, 9.17) is 11.6 Å². The van der Waals surface area contributed by atoms with E-state index < -0.39 is 0 Å². The van der Waals surface area contributed by atoms with Gasteiger partial charge in [-0.1, -0.05) is 42.6 Å². The van der Waals surface area contributed by atoms with Crippen molar-refractivity contribution in [3.8, 4) is 0 Å². The fourth-order valence-electron chi connectivity index (χ4n) is 3.64. The summed E-state index contributed by atoms with van der Waals surface area (Å²) in [4.78, 5) is 2.62. The van der Waals surface area contributed by atoms with E-state index in [1.54, 1.807) is 0 Å². The third-order valence-electron chi connectivity index (χ3n) is 5.13. The van der Waals surface area contributed by atoms with Crippen molar-refractivity contribution in [3.05, 3.63) is 34.9 Å². The van der Waals surface area contributed by atoms with Crippen LogP contribution in [-0.4, -0.2) is 29.1 Å². The first-order valence-corrected chi connectivity index (χ1v) is 8.12. The van der Waals surface area contributed by atoms with Crippen LogP contribution in [0, 0.1) is 0 Å². The standard InChI is InChI=1S/C17H25ClN2/c1-16(2)12-19-17(9-5-6-10-17)13-20(16)11-14-7-3-4-8-15(14)18/h3-4,7-8,19H,5-6,9-13H2,1-2H3. The molecule has 1 aliphatic heterocycles. The smallest absolute Gasteiger partial charge is 0.0451 e. The lowest BCUT2D eigenvalue weighted by molar-refractivity contribution is 0.0217. The topological polar surface area (TPSA) is 15.3 Å². The van der Waals surface area contributed by atoms with Gasteiger partial charge in [0, 0.05) is 35.7 Å². The van der Waals surface area contributed by atoms with Crippen molar-refractivity contribution in [1.29, 1.82) is 0 Å². The monoisotopic (exact) mass is 292 g/mol. The molecule has 2 fully saturated rings. The number of rotatable bonds is 2. The van der Waals surface area contributed by atoms with Crippen molar-refractivity contribution in [2.45, 2.75) is 57.2 Å². The molecule has 2 aliphatic rings. The molecule has 3 heteroatoms. The highest BCUT2D eigenvalue weighted by Gasteiger charge is 2.44. The molecule has 0 amide bonds. The second kappa shape index (κ2) is 5.32. The number of hydrogen-bond donors (Lipinski definition) is 1. The van der Waals surface area contributed by atoms with Crippen molar-refractivity contribution in [3.63, 3.8) is 0 Å². The van der Waals surface area contributed by atoms with Gasteiger partial charge >= 0.3 is 0 Å². The third-order valence-corrected chi connectivity index (χ3v) is 5.49. The van der Waals surface area contributed by atoms with Gasteiger partial charge in [0.05, 0.1) is 0 Å². The molecule has 1 saturated carbocycles. The molecule has 0 unspecified atom stereocenters. The molecular weight excluding hydrogens is 268 g/mol. The maximum atomic E-state index is 6.35. The van der Waals surface area contributed by atoms with E-state index in [9.17, 15) is 0 Å². The second-order valence-corrected chi connectivity index (χ2v) is 7.51. The van der Waals surface area contributed by atoms with Crippen LogP contribution in [0.15, 0.2) is 24.3 Å². The van der Waals surface area contributed by atoms with Crippen molar-refractivity contribution in [2.24, 2.45) is 0 Å². The molecule has 1 aliphatic carbocycles. The zero-order chi connectivity index (χ0) is 14.2. The second-order valence-electron chi connectivity index (χ2n) is 7.10. The number of halogens is 1. The molecule has 0 radical (unpaired) electrons. The Balaban J connectivity index is 1.80. The summed E-state index contributed by atoms with van der Waals surface area (Å²) < 4.78 is 0. The number of hydrogen-bond acceptors (Lipinski definition) is 2. The summed E-state index contributed by atoms with van der Waals surface area (Å²) in [6.45, 7) is 7.83. The highest BCUT2D eigenvalue weighted by Crippen LogP contribution is 2.36. The van der Waals surface area contributed by atoms with Gasteiger partial charge in [0.15, 0.2) is 0 Å². The largest absolute Gasteiger partial charge is 0.308 e. The third kappa shape index (κ3) is 2.74. The van der Waals surface area contributed by atoms with Crippen LogP contribution in [0.4, 0.5) is 0 Å². The van der Waals surface area contributed by atoms with Crippen molar-refractivity contribution in [2.75, 3.05) is 13.1 Å². The Morgan fingerprint density at radius 3 is 2.60 bits per heavy atom. The average molecular weight is 293 g/mol. The van der Waals surface area contributed by atoms with Crippen LogP contribution in [-0.2, 0) is 6.54 Å². The van der Waals surface area contributed by atoms with Gasteiger partial charge in [0.1, 0.15) is 0 Å². The highest BCUT2D eigenvalue weighted by atomic mass is 35.5. The highest BCUT2D eigenvalue weighted by molar-refractivity contribution is 6.31. The SMILES string of the molecule is CC1(C)CNC2(CCCC2)CN1Cc1ccccc1Cl. The lowest BCUT2D eigenvalue weighted by atomic mass is 9.87. The number of nitrogens with one attached hydrogen (secondary N) is 1. The molecule has 1 N–H and O–H groups in total. The first kappa shape index (κ1) is 14.4. The minimum atomic E-state index is 0.188. The summed E-state index contributed by atoms with van der Waals surface area (Å²) in [5.41, 5.74) is 1.79. The Morgan fingerprint density at radius 1 is 1.20 bits per heavy atom. The molecule has 1 spiro atoms. The van der Waals surface area contributed by atoms with E-state index in [0.717, 1.165) is 24.7 Å². The molecule has 0 aromatic heterocycles. The van der Waals surface area contributed by atoms with E-state index in [1.165, 1.54) is 31.2 Å². The Labute approximate surface area is 127 Å². The Morgan fingerprint density at radius 2 is 1.90 bits per heavy atom. The van der Waals surface area contributed by atoms with Crippen LogP contribution in [0.3, 0.4) is 0 Å². The van der Waals surface area contributed by atoms with E-state index in [1.807, 2.05) is 12.1 Å². The first-order chi connectivity index (χ1) is 9.51. The van der Waals surface area contributed by atoms with Crippen molar-refractivity contribution in [1.82, 2.24) is 10.2 Å². The number of piperazine rings is 1. The molecule has 3 rings (SSSR count). The number of nitrogens with zero attached hydrogens (tertiary/aromatic N) is 1. The predicted octanol–water partition coefficient (Wildman–Crippen LogP) is 3.84. The van der Waals surface area contributed by atoms with Crippen LogP contribution in [0.25, 0.3) is 0 Å². The lowest BCUT2D eigenvalue weighted by Gasteiger charge is -2.51. The zero-order valence-corrected chi connectivity index (χ0v) is 13.3. The summed E-state index contributed by atoms with van der Waals surface area (Å²) in [7, 11) is 0. The summed E-state index contributed by atoms with van der Waals surface area (Å²) in [6, 6.07) is 8.24. The van der Waals surface area contributed by atoms with Gasteiger partial charge in [-0.3, -0.25) is 4.90 Å². The number of benzene rings is 1. The van der Waals surface area contributed by atoms with Crippen LogP contribution in [0.1, 0.15) is 45.1 Å². The van der Waals surface area contributed by atoms with Gasteiger partial charge in [-0.2, -0.15) is 0 Å². The summed E-state index contributed by atoms with van der Waals surface area (Å²) in [5, 5.41) is 4.73. The lowest BCUT2D eigenvalue weighted by Crippen LogP contribution is -2.66. The molecule has 1 saturated heterocycles. The van der Waals surface area contributed by atoms with Crippen molar-refractivity contribution < 1.29 is 0 Å². The zero-order valence-electron chi connectivity index (χ0n) is 12.6. The van der Waals surface area contributed by atoms with Crippen LogP contribution >= 0.6 is 11.6 Å². The van der Waals surface area contributed by atoms with Gasteiger partial charge in [-0.25, -0.2) is 0 Å². The fourth-order valence-corrected chi connectivity index (χ4v) is 3.84. The maximum Gasteiger partial charge on any atom is 0.0451 e. The molecule has 2 nitrogen and oxygen atoms in total. The average Bonchev–Trinajstić information content (AvgIpc) is 2.86. The first-order valence-electron chi connectivity index (χ1n) is 7.74. The molecule has 0 bridgehead atoms. The summed E-state index contributed by atoms with van der Waals surface area (Å²) >= 11 is 6.35. The normalized spacial score (nSPS) is 25.1. The molecular formula is C17H25ClN2. The van der Waals surface area contributed by atoms with Gasteiger partial charge in [0.25, 0.3) is 0 Å². The van der Waals surface area contributed by atoms with E-state index in [0.29, 0.717) is 5.54 Å². The van der Waals surface area contributed by atoms with Gasteiger partial charge < -0.3 is 5.32 Å². The molecule has 1 aromatic carbocycles.